The molecule has 238 valence electrons. The molecule has 5 rings (SSSR count). The summed E-state index contributed by atoms with van der Waals surface area (Å²) in [7, 11) is 0. The van der Waals surface area contributed by atoms with Crippen LogP contribution in [0.1, 0.15) is 107 Å². The summed E-state index contributed by atoms with van der Waals surface area (Å²) in [6.07, 6.45) is 6.37. The molecule has 0 spiro atoms. The summed E-state index contributed by atoms with van der Waals surface area (Å²) < 4.78 is 18.0. The van der Waals surface area contributed by atoms with E-state index in [9.17, 15) is 24.9 Å². The van der Waals surface area contributed by atoms with E-state index >= 15 is 0 Å². The number of allylic oxidation sites excluding steroid dienone is 1. The van der Waals surface area contributed by atoms with E-state index < -0.39 is 17.5 Å². The van der Waals surface area contributed by atoms with E-state index in [0.29, 0.717) is 6.42 Å². The molecule has 0 aromatic rings. The SMILES string of the molecule is CC(=O)O[C@@H]1CC[C@]2(C)[C@H]3CC[C@]4(C)C(=CC[C@@H]4[C@H]4CO[C@](O)(C(C)(C)O)[C@H](O)C4)[C@]3(C)[C@H](OC(C)=O)C[C@H]2C1(C)C. The van der Waals surface area contributed by atoms with Crippen LogP contribution >= 0.6 is 0 Å². The highest BCUT2D eigenvalue weighted by Crippen LogP contribution is 2.74. The van der Waals surface area contributed by atoms with E-state index in [1.807, 2.05) is 0 Å². The number of rotatable bonds is 4. The predicted molar refractivity (Wildman–Crippen MR) is 157 cm³/mol. The minimum atomic E-state index is -2.01. The average Bonchev–Trinajstić information content (AvgIpc) is 3.21. The number of fused-ring (bicyclic) bond motifs is 5. The Bertz CT molecular complexity index is 1140. The van der Waals surface area contributed by atoms with Crippen LogP contribution < -0.4 is 0 Å². The van der Waals surface area contributed by atoms with Gasteiger partial charge in [0.2, 0.25) is 5.79 Å². The van der Waals surface area contributed by atoms with Crippen LogP contribution in [0.25, 0.3) is 0 Å². The van der Waals surface area contributed by atoms with E-state index in [0.717, 1.165) is 38.5 Å². The fraction of sp³-hybridized carbons (Fsp3) is 0.882. The molecular weight excluding hydrogens is 536 g/mol. The first-order valence-electron chi connectivity index (χ1n) is 16.0. The lowest BCUT2D eigenvalue weighted by Gasteiger charge is -2.69. The molecule has 3 saturated carbocycles. The second-order valence-corrected chi connectivity index (χ2v) is 16.2. The van der Waals surface area contributed by atoms with E-state index in [-0.39, 0.29) is 76.1 Å². The highest BCUT2D eigenvalue weighted by molar-refractivity contribution is 5.67. The molecule has 0 aromatic carbocycles. The van der Waals surface area contributed by atoms with Crippen molar-refractivity contribution < 1.29 is 39.1 Å². The Hall–Kier alpha value is -1.48. The van der Waals surface area contributed by atoms with E-state index in [1.54, 1.807) is 0 Å². The summed E-state index contributed by atoms with van der Waals surface area (Å²) in [5, 5.41) is 32.5. The van der Waals surface area contributed by atoms with Crippen molar-refractivity contribution in [2.24, 2.45) is 45.3 Å². The molecule has 42 heavy (non-hydrogen) atoms. The molecule has 11 atom stereocenters. The molecule has 0 aromatic heterocycles. The normalized spacial score (nSPS) is 48.3. The third kappa shape index (κ3) is 4.44. The predicted octanol–water partition coefficient (Wildman–Crippen LogP) is 4.92. The van der Waals surface area contributed by atoms with E-state index in [4.69, 9.17) is 14.2 Å². The lowest BCUT2D eigenvalue weighted by molar-refractivity contribution is -0.353. The number of esters is 2. The van der Waals surface area contributed by atoms with Crippen molar-refractivity contribution in [3.8, 4) is 0 Å². The molecule has 0 unspecified atom stereocenters. The first-order valence-corrected chi connectivity index (χ1v) is 16.0. The molecule has 5 aliphatic rings. The standard InChI is InChI=1S/C34H54O8/c1-19(35)41-27-13-15-32(8)24-12-14-31(7)22(21-16-26(37)34(39,40-18-21)30(5,6)38)10-11-23(31)33(24,9)28(42-20(2)36)17-25(32)29(27,3)4/h11,21-22,24-28,37-39H,10,12-18H2,1-9H3/t21-,22-,24-,25+,26-,27-,28-,31+,32-,33+,34+/m1/s1. The van der Waals surface area contributed by atoms with Gasteiger partial charge >= 0.3 is 11.9 Å². The minimum Gasteiger partial charge on any atom is -0.462 e. The largest absolute Gasteiger partial charge is 0.462 e. The van der Waals surface area contributed by atoms with Crippen LogP contribution in [-0.2, 0) is 23.8 Å². The first kappa shape index (κ1) is 31.9. The van der Waals surface area contributed by atoms with Gasteiger partial charge in [-0.3, -0.25) is 9.59 Å². The van der Waals surface area contributed by atoms with Gasteiger partial charge in [0, 0.05) is 24.7 Å². The molecule has 0 bridgehead atoms. The number of aliphatic hydroxyl groups excluding tert-OH is 1. The monoisotopic (exact) mass is 590 g/mol. The molecule has 1 heterocycles. The molecule has 4 aliphatic carbocycles. The van der Waals surface area contributed by atoms with Crippen molar-refractivity contribution in [2.45, 2.75) is 137 Å². The zero-order valence-electron chi connectivity index (χ0n) is 27.2. The zero-order chi connectivity index (χ0) is 31.3. The van der Waals surface area contributed by atoms with Gasteiger partial charge < -0.3 is 29.5 Å². The molecule has 0 amide bonds. The molecule has 0 radical (unpaired) electrons. The average molecular weight is 591 g/mol. The van der Waals surface area contributed by atoms with Gasteiger partial charge in [-0.25, -0.2) is 0 Å². The number of aliphatic hydroxyl groups is 3. The third-order valence-electron chi connectivity index (χ3n) is 13.2. The summed E-state index contributed by atoms with van der Waals surface area (Å²) in [6.45, 7) is 17.7. The van der Waals surface area contributed by atoms with Crippen molar-refractivity contribution in [1.82, 2.24) is 0 Å². The summed E-state index contributed by atoms with van der Waals surface area (Å²) in [5.74, 6) is -1.81. The number of hydrogen-bond donors (Lipinski definition) is 3. The number of carbonyl (C=O) groups excluding carboxylic acids is 2. The van der Waals surface area contributed by atoms with Gasteiger partial charge in [-0.15, -0.1) is 0 Å². The molecule has 1 saturated heterocycles. The summed E-state index contributed by atoms with van der Waals surface area (Å²) in [4.78, 5) is 24.6. The molecule has 3 N–H and O–H groups in total. The Kier molecular flexibility index (Phi) is 7.61. The number of ether oxygens (including phenoxy) is 3. The van der Waals surface area contributed by atoms with Crippen LogP contribution in [0.15, 0.2) is 11.6 Å². The number of hydrogen-bond acceptors (Lipinski definition) is 8. The van der Waals surface area contributed by atoms with Crippen molar-refractivity contribution in [3.05, 3.63) is 11.6 Å². The molecule has 4 fully saturated rings. The quantitative estimate of drug-likeness (QED) is 0.312. The highest BCUT2D eigenvalue weighted by atomic mass is 16.7. The van der Waals surface area contributed by atoms with Crippen LogP contribution in [0.4, 0.5) is 0 Å². The van der Waals surface area contributed by atoms with Crippen LogP contribution in [0, 0.1) is 45.3 Å². The van der Waals surface area contributed by atoms with Gasteiger partial charge in [-0.1, -0.05) is 46.3 Å². The Morgan fingerprint density at radius 3 is 2.14 bits per heavy atom. The highest BCUT2D eigenvalue weighted by Gasteiger charge is 2.70. The fourth-order valence-electron chi connectivity index (χ4n) is 11.2. The zero-order valence-corrected chi connectivity index (χ0v) is 27.2. The fourth-order valence-corrected chi connectivity index (χ4v) is 11.2. The third-order valence-corrected chi connectivity index (χ3v) is 13.2. The lowest BCUT2D eigenvalue weighted by atomic mass is 9.37. The van der Waals surface area contributed by atoms with Crippen LogP contribution in [0.5, 0.6) is 0 Å². The second-order valence-electron chi connectivity index (χ2n) is 16.2. The van der Waals surface area contributed by atoms with Gasteiger partial charge in [0.1, 0.15) is 23.9 Å². The summed E-state index contributed by atoms with van der Waals surface area (Å²) in [5.41, 5.74) is -1.04. The van der Waals surface area contributed by atoms with Crippen molar-refractivity contribution in [3.63, 3.8) is 0 Å². The van der Waals surface area contributed by atoms with Gasteiger partial charge in [0.15, 0.2) is 0 Å². The number of carbonyl (C=O) groups is 2. The van der Waals surface area contributed by atoms with Crippen molar-refractivity contribution >= 4 is 11.9 Å². The second kappa shape index (κ2) is 10.0. The first-order chi connectivity index (χ1) is 19.2. The Morgan fingerprint density at radius 1 is 0.952 bits per heavy atom. The lowest BCUT2D eigenvalue weighted by Crippen LogP contribution is -2.66. The maximum absolute atomic E-state index is 12.6. The summed E-state index contributed by atoms with van der Waals surface area (Å²) >= 11 is 0. The summed E-state index contributed by atoms with van der Waals surface area (Å²) in [6, 6.07) is 0. The Balaban J connectivity index is 1.48. The topological polar surface area (TPSA) is 123 Å². The smallest absolute Gasteiger partial charge is 0.302 e. The minimum absolute atomic E-state index is 0.0127. The molecule has 1 aliphatic heterocycles. The van der Waals surface area contributed by atoms with Crippen molar-refractivity contribution in [1.29, 1.82) is 0 Å². The van der Waals surface area contributed by atoms with E-state index in [2.05, 4.69) is 40.7 Å². The van der Waals surface area contributed by atoms with E-state index in [1.165, 1.54) is 33.3 Å². The maximum atomic E-state index is 12.6. The maximum Gasteiger partial charge on any atom is 0.302 e. The van der Waals surface area contributed by atoms with Gasteiger partial charge in [0.05, 0.1) is 6.61 Å². The van der Waals surface area contributed by atoms with Crippen molar-refractivity contribution in [2.75, 3.05) is 6.61 Å². The molecule has 8 nitrogen and oxygen atoms in total. The van der Waals surface area contributed by atoms with Crippen LogP contribution in [-0.4, -0.2) is 63.6 Å². The Morgan fingerprint density at radius 2 is 1.57 bits per heavy atom. The van der Waals surface area contributed by atoms with Gasteiger partial charge in [0.25, 0.3) is 0 Å². The van der Waals surface area contributed by atoms with Gasteiger partial charge in [-0.05, 0) is 93.3 Å². The molecule has 8 heteroatoms. The van der Waals surface area contributed by atoms with Crippen LogP contribution in [0.2, 0.25) is 0 Å². The Labute approximate surface area is 251 Å². The van der Waals surface area contributed by atoms with Gasteiger partial charge in [-0.2, -0.15) is 0 Å². The molecular formula is C34H54O8. The van der Waals surface area contributed by atoms with Crippen LogP contribution in [0.3, 0.4) is 0 Å².